The summed E-state index contributed by atoms with van der Waals surface area (Å²) in [4.78, 5) is 23.0. The van der Waals surface area contributed by atoms with Gasteiger partial charge in [-0.3, -0.25) is 9.78 Å². The number of amides is 1. The second-order valence-corrected chi connectivity index (χ2v) is 6.61. The third-order valence-corrected chi connectivity index (χ3v) is 4.25. The highest BCUT2D eigenvalue weighted by molar-refractivity contribution is 5.79. The first kappa shape index (κ1) is 17.8. The van der Waals surface area contributed by atoms with Crippen molar-refractivity contribution in [1.29, 1.82) is 0 Å². The highest BCUT2D eigenvalue weighted by Crippen LogP contribution is 2.21. The Balaban J connectivity index is 1.70. The summed E-state index contributed by atoms with van der Waals surface area (Å²) in [5.41, 5.74) is 1.40. The average Bonchev–Trinajstić information content (AvgIpc) is 3.30. The van der Waals surface area contributed by atoms with E-state index < -0.39 is 0 Å². The average molecular weight is 353 g/mol. The number of imidazole rings is 1. The molecule has 0 aliphatic heterocycles. The first-order valence-corrected chi connectivity index (χ1v) is 8.62. The first-order valence-electron chi connectivity index (χ1n) is 8.62. The van der Waals surface area contributed by atoms with E-state index in [9.17, 15) is 4.79 Å². The first-order chi connectivity index (χ1) is 12.5. The van der Waals surface area contributed by atoms with Crippen LogP contribution in [0.1, 0.15) is 44.3 Å². The number of hydrogen-bond donors (Lipinski definition) is 0. The minimum Gasteiger partial charge on any atom is -0.359 e. The van der Waals surface area contributed by atoms with Gasteiger partial charge in [-0.05, 0) is 19.1 Å². The van der Waals surface area contributed by atoms with Gasteiger partial charge in [-0.25, -0.2) is 4.98 Å². The number of likely N-dealkylation sites (N-methyl/N-ethyl adjacent to an activating group) is 1. The van der Waals surface area contributed by atoms with Crippen LogP contribution in [0.15, 0.2) is 47.4 Å². The lowest BCUT2D eigenvalue weighted by Gasteiger charge is -2.23. The molecule has 3 heterocycles. The van der Waals surface area contributed by atoms with Gasteiger partial charge in [0, 0.05) is 37.6 Å². The molecule has 0 aliphatic carbocycles. The molecule has 0 saturated carbocycles. The van der Waals surface area contributed by atoms with Crippen molar-refractivity contribution in [2.45, 2.75) is 39.3 Å². The molecule has 1 unspecified atom stereocenters. The summed E-state index contributed by atoms with van der Waals surface area (Å²) in [6.07, 6.45) is 5.28. The molecule has 3 rings (SSSR count). The number of carbonyl (C=O) groups excluding carboxylic acids is 1. The van der Waals surface area contributed by atoms with Gasteiger partial charge in [0.1, 0.15) is 17.6 Å². The summed E-state index contributed by atoms with van der Waals surface area (Å²) in [5, 5.41) is 4.04. The van der Waals surface area contributed by atoms with Crippen molar-refractivity contribution in [1.82, 2.24) is 24.6 Å². The molecule has 7 nitrogen and oxygen atoms in total. The zero-order valence-corrected chi connectivity index (χ0v) is 15.5. The van der Waals surface area contributed by atoms with E-state index >= 15 is 0 Å². The zero-order chi connectivity index (χ0) is 18.7. The fourth-order valence-corrected chi connectivity index (χ4v) is 2.87. The Hall–Kier alpha value is -2.96. The van der Waals surface area contributed by atoms with Crippen molar-refractivity contribution >= 4 is 5.91 Å². The van der Waals surface area contributed by atoms with Crippen molar-refractivity contribution in [2.75, 3.05) is 7.05 Å². The van der Waals surface area contributed by atoms with E-state index in [0.29, 0.717) is 18.0 Å². The number of rotatable bonds is 6. The molecule has 136 valence electrons. The van der Waals surface area contributed by atoms with Crippen LogP contribution in [0, 0.1) is 0 Å². The fourth-order valence-electron chi connectivity index (χ4n) is 2.87. The van der Waals surface area contributed by atoms with Crippen LogP contribution < -0.4 is 0 Å². The molecule has 7 heteroatoms. The Morgan fingerprint density at radius 3 is 2.69 bits per heavy atom. The molecule has 0 spiro atoms. The van der Waals surface area contributed by atoms with Crippen molar-refractivity contribution in [3.05, 3.63) is 54.4 Å². The van der Waals surface area contributed by atoms with Crippen LogP contribution in [0.25, 0.3) is 11.4 Å². The maximum absolute atomic E-state index is 12.8. The van der Waals surface area contributed by atoms with Crippen LogP contribution in [-0.2, 0) is 11.3 Å². The molecule has 0 bridgehead atoms. The molecule has 1 amide bonds. The normalized spacial score (nSPS) is 12.3. The number of hydrogen-bond acceptors (Lipinski definition) is 5. The highest BCUT2D eigenvalue weighted by Gasteiger charge is 2.23. The molecule has 0 radical (unpaired) electrons. The maximum Gasteiger partial charge on any atom is 0.245 e. The standard InChI is InChI=1S/C19H23N5O2/c1-13(2)18-21-9-10-24(18)14(3)19(25)23(4)12-15-11-17(22-26-15)16-7-5-6-8-20-16/h5-11,13-14H,12H2,1-4H3. The van der Waals surface area contributed by atoms with Gasteiger partial charge in [0.15, 0.2) is 5.76 Å². The monoisotopic (exact) mass is 353 g/mol. The molecular formula is C19H23N5O2. The Bertz CT molecular complexity index is 869. The molecule has 0 fully saturated rings. The summed E-state index contributed by atoms with van der Waals surface area (Å²) >= 11 is 0. The van der Waals surface area contributed by atoms with E-state index in [1.54, 1.807) is 24.3 Å². The summed E-state index contributed by atoms with van der Waals surface area (Å²) in [6, 6.07) is 7.09. The maximum atomic E-state index is 12.8. The van der Waals surface area contributed by atoms with E-state index in [-0.39, 0.29) is 17.9 Å². The van der Waals surface area contributed by atoms with Gasteiger partial charge in [0.2, 0.25) is 5.91 Å². The Kier molecular flexibility index (Phi) is 5.16. The van der Waals surface area contributed by atoms with Gasteiger partial charge in [0.25, 0.3) is 0 Å². The van der Waals surface area contributed by atoms with Crippen LogP contribution in [0.4, 0.5) is 0 Å². The SMILES string of the molecule is CC(C)c1nccn1C(C)C(=O)N(C)Cc1cc(-c2ccccn2)no1. The van der Waals surface area contributed by atoms with Crippen LogP contribution >= 0.6 is 0 Å². The van der Waals surface area contributed by atoms with Gasteiger partial charge < -0.3 is 14.0 Å². The highest BCUT2D eigenvalue weighted by atomic mass is 16.5. The lowest BCUT2D eigenvalue weighted by Crippen LogP contribution is -2.33. The number of aromatic nitrogens is 4. The van der Waals surface area contributed by atoms with Crippen molar-refractivity contribution in [3.63, 3.8) is 0 Å². The van der Waals surface area contributed by atoms with Gasteiger partial charge in [-0.15, -0.1) is 0 Å². The number of carbonyl (C=O) groups is 1. The Morgan fingerprint density at radius 2 is 2.00 bits per heavy atom. The summed E-state index contributed by atoms with van der Waals surface area (Å²) in [6.45, 7) is 6.35. The van der Waals surface area contributed by atoms with Crippen molar-refractivity contribution < 1.29 is 9.32 Å². The summed E-state index contributed by atoms with van der Waals surface area (Å²) in [7, 11) is 1.76. The third-order valence-electron chi connectivity index (χ3n) is 4.25. The summed E-state index contributed by atoms with van der Waals surface area (Å²) < 4.78 is 7.29. The molecule has 1 atom stereocenters. The predicted octanol–water partition coefficient (Wildman–Crippen LogP) is 3.28. The Labute approximate surface area is 152 Å². The van der Waals surface area contributed by atoms with E-state index in [2.05, 4.69) is 29.0 Å². The zero-order valence-electron chi connectivity index (χ0n) is 15.5. The van der Waals surface area contributed by atoms with Gasteiger partial charge in [0.05, 0.1) is 12.2 Å². The predicted molar refractivity (Wildman–Crippen MR) is 97.2 cm³/mol. The second-order valence-electron chi connectivity index (χ2n) is 6.61. The summed E-state index contributed by atoms with van der Waals surface area (Å²) in [5.74, 6) is 1.75. The minimum absolute atomic E-state index is 0.0133. The molecule has 3 aromatic rings. The number of pyridine rings is 1. The molecular weight excluding hydrogens is 330 g/mol. The van der Waals surface area contributed by atoms with Crippen LogP contribution in [0.5, 0.6) is 0 Å². The molecule has 0 N–H and O–H groups in total. The van der Waals surface area contributed by atoms with Crippen molar-refractivity contribution in [2.24, 2.45) is 0 Å². The molecule has 3 aromatic heterocycles. The topological polar surface area (TPSA) is 77.1 Å². The molecule has 26 heavy (non-hydrogen) atoms. The lowest BCUT2D eigenvalue weighted by molar-refractivity contribution is -0.133. The number of nitrogens with zero attached hydrogens (tertiary/aromatic N) is 5. The van der Waals surface area contributed by atoms with Gasteiger partial charge in [-0.1, -0.05) is 25.1 Å². The van der Waals surface area contributed by atoms with Crippen LogP contribution in [0.2, 0.25) is 0 Å². The van der Waals surface area contributed by atoms with E-state index in [1.807, 2.05) is 42.0 Å². The third kappa shape index (κ3) is 3.66. The van der Waals surface area contributed by atoms with Crippen molar-refractivity contribution in [3.8, 4) is 11.4 Å². The van der Waals surface area contributed by atoms with Crippen LogP contribution in [-0.4, -0.2) is 37.5 Å². The Morgan fingerprint density at radius 1 is 1.19 bits per heavy atom. The molecule has 0 aromatic carbocycles. The second kappa shape index (κ2) is 7.51. The molecule has 0 saturated heterocycles. The largest absolute Gasteiger partial charge is 0.359 e. The van der Waals surface area contributed by atoms with E-state index in [0.717, 1.165) is 11.5 Å². The minimum atomic E-state index is -0.335. The quantitative estimate of drug-likeness (QED) is 0.680. The lowest BCUT2D eigenvalue weighted by atomic mass is 10.2. The van der Waals surface area contributed by atoms with E-state index in [1.165, 1.54) is 0 Å². The van der Waals surface area contributed by atoms with Crippen LogP contribution in [0.3, 0.4) is 0 Å². The smallest absolute Gasteiger partial charge is 0.245 e. The van der Waals surface area contributed by atoms with Gasteiger partial charge in [-0.2, -0.15) is 0 Å². The van der Waals surface area contributed by atoms with E-state index in [4.69, 9.17) is 4.52 Å². The molecule has 0 aliphatic rings. The van der Waals surface area contributed by atoms with Gasteiger partial charge >= 0.3 is 0 Å². The fraction of sp³-hybridized carbons (Fsp3) is 0.368.